The van der Waals surface area contributed by atoms with Crippen LogP contribution in [-0.4, -0.2) is 33.8 Å². The van der Waals surface area contributed by atoms with E-state index in [1.807, 2.05) is 27.7 Å². The van der Waals surface area contributed by atoms with E-state index < -0.39 is 11.2 Å². The monoisotopic (exact) mass is 386 g/mol. The van der Waals surface area contributed by atoms with Crippen molar-refractivity contribution in [1.82, 2.24) is 0 Å². The van der Waals surface area contributed by atoms with Gasteiger partial charge in [-0.15, -0.1) is 0 Å². The Morgan fingerprint density at radius 3 is 1.33 bits per heavy atom. The van der Waals surface area contributed by atoms with E-state index in [1.54, 1.807) is 0 Å². The summed E-state index contributed by atoms with van der Waals surface area (Å²) in [6.07, 6.45) is 1.24. The zero-order valence-electron chi connectivity index (χ0n) is 11.2. The van der Waals surface area contributed by atoms with Crippen LogP contribution in [0.15, 0.2) is 0 Å². The Morgan fingerprint density at radius 1 is 0.833 bits per heavy atom. The maximum Gasteiger partial charge on any atom is 0.317 e. The van der Waals surface area contributed by atoms with E-state index in [9.17, 15) is 9.59 Å². The van der Waals surface area contributed by atoms with Gasteiger partial charge < -0.3 is 9.47 Å². The second-order valence-corrected chi connectivity index (χ2v) is 6.36. The maximum atomic E-state index is 11.2. The minimum absolute atomic E-state index is 0.179. The van der Waals surface area contributed by atoms with Gasteiger partial charge in [0.2, 0.25) is 0 Å². The van der Waals surface area contributed by atoms with Crippen molar-refractivity contribution in [2.75, 3.05) is 10.7 Å². The molecule has 0 bridgehead atoms. The molecule has 0 aliphatic carbocycles. The van der Waals surface area contributed by atoms with Gasteiger partial charge in [0.1, 0.15) is 21.9 Å². The van der Waals surface area contributed by atoms with Gasteiger partial charge in [-0.1, -0.05) is 31.9 Å². The molecule has 0 aliphatic rings. The second kappa shape index (κ2) is 7.48. The van der Waals surface area contributed by atoms with E-state index in [0.29, 0.717) is 12.8 Å². The number of ether oxygens (including phenoxy) is 2. The van der Waals surface area contributed by atoms with Crippen LogP contribution in [0.3, 0.4) is 0 Å². The van der Waals surface area contributed by atoms with Crippen LogP contribution in [0, 0.1) is 0 Å². The summed E-state index contributed by atoms with van der Waals surface area (Å²) in [6, 6.07) is 0. The molecule has 0 aromatic heterocycles. The fraction of sp³-hybridized carbons (Fsp3) is 0.833. The van der Waals surface area contributed by atoms with Gasteiger partial charge in [0.15, 0.2) is 0 Å². The first-order valence-electron chi connectivity index (χ1n) is 5.67. The molecule has 0 aromatic rings. The van der Waals surface area contributed by atoms with E-state index in [1.165, 1.54) is 0 Å². The third-order valence-electron chi connectivity index (χ3n) is 2.33. The molecule has 4 nitrogen and oxygen atoms in total. The highest BCUT2D eigenvalue weighted by Gasteiger charge is 2.29. The van der Waals surface area contributed by atoms with Gasteiger partial charge in [0, 0.05) is 0 Å². The first-order chi connectivity index (χ1) is 8.12. The van der Waals surface area contributed by atoms with Gasteiger partial charge in [-0.05, 0) is 40.5 Å². The van der Waals surface area contributed by atoms with Crippen LogP contribution in [0.2, 0.25) is 0 Å². The van der Waals surface area contributed by atoms with Gasteiger partial charge in [0.25, 0.3) is 0 Å². The molecule has 0 heterocycles. The molecule has 0 saturated carbocycles. The van der Waals surface area contributed by atoms with Crippen molar-refractivity contribution in [3.8, 4) is 0 Å². The van der Waals surface area contributed by atoms with Gasteiger partial charge in [-0.25, -0.2) is 0 Å². The molecule has 106 valence electrons. The fourth-order valence-corrected chi connectivity index (χ4v) is 1.60. The van der Waals surface area contributed by atoms with E-state index in [-0.39, 0.29) is 22.6 Å². The first-order valence-corrected chi connectivity index (χ1v) is 7.92. The Balaban J connectivity index is 4.28. The summed E-state index contributed by atoms with van der Waals surface area (Å²) in [5, 5.41) is 0.358. The zero-order chi connectivity index (χ0) is 14.4. The van der Waals surface area contributed by atoms with Crippen molar-refractivity contribution in [2.24, 2.45) is 0 Å². The van der Waals surface area contributed by atoms with Gasteiger partial charge >= 0.3 is 11.9 Å². The quantitative estimate of drug-likeness (QED) is 0.497. The van der Waals surface area contributed by atoms with Crippen LogP contribution >= 0.6 is 31.9 Å². The van der Waals surface area contributed by atoms with E-state index in [0.717, 1.165) is 0 Å². The molecule has 0 N–H and O–H groups in total. The molecule has 0 spiro atoms. The topological polar surface area (TPSA) is 52.6 Å². The van der Waals surface area contributed by atoms with Crippen LogP contribution in [0.5, 0.6) is 0 Å². The molecule has 0 fully saturated rings. The van der Waals surface area contributed by atoms with E-state index in [4.69, 9.17) is 9.47 Å². The molecule has 0 saturated heterocycles. The molecule has 6 heteroatoms. The largest absolute Gasteiger partial charge is 0.459 e. The summed E-state index contributed by atoms with van der Waals surface area (Å²) in [4.78, 5) is 22.4. The number of alkyl halides is 2. The lowest BCUT2D eigenvalue weighted by atomic mass is 9.94. The number of carbonyl (C=O) groups excluding carboxylic acids is 2. The molecular formula is C12H20Br2O4. The Morgan fingerprint density at radius 2 is 1.11 bits per heavy atom. The molecular weight excluding hydrogens is 368 g/mol. The minimum atomic E-state index is -0.567. The summed E-state index contributed by atoms with van der Waals surface area (Å²) < 4.78 is 10.6. The smallest absolute Gasteiger partial charge is 0.317 e. The Kier molecular flexibility index (Phi) is 7.44. The lowest BCUT2D eigenvalue weighted by Gasteiger charge is -2.30. The second-order valence-electron chi connectivity index (χ2n) is 5.23. The summed E-state index contributed by atoms with van der Waals surface area (Å²) in [6.45, 7) is 7.37. The Bertz CT molecular complexity index is 270. The summed E-state index contributed by atoms with van der Waals surface area (Å²) in [5.41, 5.74) is -1.13. The van der Waals surface area contributed by atoms with Gasteiger partial charge in [-0.3, -0.25) is 9.59 Å². The molecule has 0 rings (SSSR count). The minimum Gasteiger partial charge on any atom is -0.459 e. The van der Waals surface area contributed by atoms with Crippen LogP contribution in [0.25, 0.3) is 0 Å². The van der Waals surface area contributed by atoms with Crippen molar-refractivity contribution in [1.29, 1.82) is 0 Å². The van der Waals surface area contributed by atoms with Crippen molar-refractivity contribution in [3.05, 3.63) is 0 Å². The van der Waals surface area contributed by atoms with Gasteiger partial charge in [0.05, 0.1) is 0 Å². The number of halogens is 2. The van der Waals surface area contributed by atoms with Crippen LogP contribution < -0.4 is 0 Å². The highest BCUT2D eigenvalue weighted by atomic mass is 79.9. The van der Waals surface area contributed by atoms with E-state index >= 15 is 0 Å². The van der Waals surface area contributed by atoms with Crippen LogP contribution in [0.1, 0.15) is 40.5 Å². The molecule has 0 aromatic carbocycles. The molecule has 0 unspecified atom stereocenters. The van der Waals surface area contributed by atoms with Crippen molar-refractivity contribution >= 4 is 43.8 Å². The van der Waals surface area contributed by atoms with Crippen molar-refractivity contribution in [3.63, 3.8) is 0 Å². The molecule has 18 heavy (non-hydrogen) atoms. The van der Waals surface area contributed by atoms with Crippen LogP contribution in [-0.2, 0) is 19.1 Å². The van der Waals surface area contributed by atoms with Crippen molar-refractivity contribution in [2.45, 2.75) is 51.7 Å². The highest BCUT2D eigenvalue weighted by molar-refractivity contribution is 9.09. The molecule has 0 radical (unpaired) electrons. The summed E-state index contributed by atoms with van der Waals surface area (Å²) >= 11 is 6.10. The third kappa shape index (κ3) is 8.08. The Hall–Kier alpha value is -0.100. The average Bonchev–Trinajstić information content (AvgIpc) is 2.25. The maximum absolute atomic E-state index is 11.2. The summed E-state index contributed by atoms with van der Waals surface area (Å²) in [5.74, 6) is -0.592. The highest BCUT2D eigenvalue weighted by Crippen LogP contribution is 2.25. The molecule has 0 amide bonds. The number of rotatable bonds is 7. The molecule has 0 aliphatic heterocycles. The number of hydrogen-bond donors (Lipinski definition) is 0. The lowest BCUT2D eigenvalue weighted by molar-refractivity contribution is -0.160. The SMILES string of the molecule is CC(C)(CCC(C)(C)OC(=O)CBr)OC(=O)CBr. The zero-order valence-corrected chi connectivity index (χ0v) is 14.4. The number of hydrogen-bond acceptors (Lipinski definition) is 4. The van der Waals surface area contributed by atoms with Gasteiger partial charge in [-0.2, -0.15) is 0 Å². The first kappa shape index (κ1) is 17.9. The number of esters is 2. The Labute approximate surface area is 125 Å². The predicted molar refractivity (Wildman–Crippen MR) is 77.2 cm³/mol. The normalized spacial score (nSPS) is 12.1. The average molecular weight is 388 g/mol. The predicted octanol–water partition coefficient (Wildman–Crippen LogP) is 3.20. The standard InChI is InChI=1S/C12H20Br2O4/c1-11(2,17-9(15)7-13)5-6-12(3,4)18-10(16)8-14/h5-8H2,1-4H3. The third-order valence-corrected chi connectivity index (χ3v) is 3.24. The number of carbonyl (C=O) groups is 2. The fourth-order valence-electron chi connectivity index (χ4n) is 1.38. The van der Waals surface area contributed by atoms with E-state index in [2.05, 4.69) is 31.9 Å². The van der Waals surface area contributed by atoms with Crippen molar-refractivity contribution < 1.29 is 19.1 Å². The molecule has 0 atom stereocenters. The summed E-state index contributed by atoms with van der Waals surface area (Å²) in [7, 11) is 0. The lowest BCUT2D eigenvalue weighted by Crippen LogP contribution is -2.34. The van der Waals surface area contributed by atoms with Crippen LogP contribution in [0.4, 0.5) is 0 Å².